The van der Waals surface area contributed by atoms with E-state index in [1.54, 1.807) is 82.1 Å². The highest BCUT2D eigenvalue weighted by Gasteiger charge is 2.39. The zero-order chi connectivity index (χ0) is 77.7. The molecular weight excluding hydrogens is 1360 g/mol. The number of nitrogens with one attached hydrogen (secondary N) is 4. The average Bonchev–Trinajstić information content (AvgIpc) is 1.64. The Kier molecular flexibility index (Phi) is 42.8. The van der Waals surface area contributed by atoms with Crippen LogP contribution in [0.4, 0.5) is 30.4 Å². The second-order valence-electron chi connectivity index (χ2n) is 24.5. The molecule has 6 aromatic carbocycles. The molecule has 0 amide bonds. The van der Waals surface area contributed by atoms with Crippen molar-refractivity contribution in [2.24, 2.45) is 22.9 Å². The van der Waals surface area contributed by atoms with Crippen molar-refractivity contribution in [2.75, 3.05) is 30.3 Å². The van der Waals surface area contributed by atoms with E-state index in [1.807, 2.05) is 90.2 Å². The van der Waals surface area contributed by atoms with Gasteiger partial charge in [-0.15, -0.1) is 0 Å². The summed E-state index contributed by atoms with van der Waals surface area (Å²) in [4.78, 5) is 40.3. The van der Waals surface area contributed by atoms with Crippen molar-refractivity contribution in [1.82, 2.24) is 45.4 Å². The van der Waals surface area contributed by atoms with Gasteiger partial charge in [0.1, 0.15) is 29.6 Å². The maximum Gasteiger partial charge on any atom is 0.325 e. The Morgan fingerprint density at radius 3 is 1.59 bits per heavy atom. The first-order chi connectivity index (χ1) is 49.3. The summed E-state index contributed by atoms with van der Waals surface area (Å²) >= 11 is 11.3. The fourth-order valence-corrected chi connectivity index (χ4v) is 8.53. The summed E-state index contributed by atoms with van der Waals surface area (Å²) in [5.41, 5.74) is 57.8. The summed E-state index contributed by atoms with van der Waals surface area (Å²) < 4.78 is 37.2. The first kappa shape index (κ1) is 90.0. The number of aryl methyl sites for hydroxylation is 11. The lowest BCUT2D eigenvalue weighted by atomic mass is 10.0. The van der Waals surface area contributed by atoms with Crippen LogP contribution in [0.15, 0.2) is 211 Å². The molecule has 1 fully saturated rings. The number of H-pyrrole nitrogens is 3. The van der Waals surface area contributed by atoms with Gasteiger partial charge in [0.2, 0.25) is 0 Å². The number of aromatic nitrogens is 8. The molecule has 0 radical (unpaired) electrons. The van der Waals surface area contributed by atoms with Crippen molar-refractivity contribution >= 4 is 40.4 Å². The van der Waals surface area contributed by atoms with E-state index in [0.29, 0.717) is 52.3 Å². The highest BCUT2D eigenvalue weighted by Crippen LogP contribution is 2.42. The topological polar surface area (TPSA) is 340 Å². The number of benzene rings is 6. The predicted molar refractivity (Wildman–Crippen MR) is 425 cm³/mol. The summed E-state index contributed by atoms with van der Waals surface area (Å²) in [5.74, 6) is -0.0410. The number of rotatable bonds is 4. The highest BCUT2D eigenvalue weighted by atomic mass is 35.5. The fraction of sp³-hybridized carbons (Fsp3) is 0.272. The molecule has 2 aliphatic rings. The number of nitrogens with zero attached hydrogens (tertiary/aromatic N) is 5. The lowest BCUT2D eigenvalue weighted by molar-refractivity contribution is 0.617. The Morgan fingerprint density at radius 2 is 1.17 bits per heavy atom. The predicted octanol–water partition coefficient (Wildman–Crippen LogP) is 15.7. The number of anilines is 3. The van der Waals surface area contributed by atoms with Gasteiger partial charge in [0.25, 0.3) is 5.56 Å². The molecule has 1 aliphatic carbocycles. The van der Waals surface area contributed by atoms with Crippen molar-refractivity contribution < 1.29 is 13.2 Å². The Bertz CT molecular complexity index is 4310. The second kappa shape index (κ2) is 49.5. The molecule has 0 spiro atoms. The molecule has 0 saturated heterocycles. The Hall–Kier alpha value is -10.1. The average molecular weight is 1460 g/mol. The van der Waals surface area contributed by atoms with Gasteiger partial charge in [0.15, 0.2) is 0 Å². The third-order valence-corrected chi connectivity index (χ3v) is 15.8. The van der Waals surface area contributed by atoms with E-state index in [4.69, 9.17) is 63.3 Å². The molecule has 18 nitrogen and oxygen atoms in total. The van der Waals surface area contributed by atoms with Crippen LogP contribution in [-0.2, 0) is 25.2 Å². The first-order valence-electron chi connectivity index (χ1n) is 33.4. The number of aromatic amines is 3. The van der Waals surface area contributed by atoms with Gasteiger partial charge in [-0.3, -0.25) is 19.9 Å². The van der Waals surface area contributed by atoms with Crippen molar-refractivity contribution in [2.45, 2.75) is 134 Å². The SMILES string of the molecule is CC1=CCNCC1.Cc1c[nH]c(=O)[nH]c1=O.Cc1cc(CN)ccc1F.Cc1ccc(C2(N)CC2)cc1.Cc1ccc(Cl)c(N)c1.Cc1ccc(Cl)cc1N.Cc1ccc(F)cc1CN.Cc1cccc(CN)c1C.Cc1cccnc1N.Cc1cn[nH]c1.Cc1cncc(F)c1.Cc1cncnc1. The number of nitrogens with two attached hydrogens (primary N) is 7. The number of pyridine rings is 2. The molecule has 18 N–H and O–H groups in total. The van der Waals surface area contributed by atoms with Gasteiger partial charge in [-0.05, 0) is 248 Å². The molecule has 0 atom stereocenters. The Balaban J connectivity index is 0.000000387. The summed E-state index contributed by atoms with van der Waals surface area (Å²) in [7, 11) is 0. The van der Waals surface area contributed by atoms with Gasteiger partial charge in [-0.1, -0.05) is 119 Å². The minimum atomic E-state index is -0.467. The maximum absolute atomic E-state index is 12.6. The van der Waals surface area contributed by atoms with E-state index in [0.717, 1.165) is 69.6 Å². The van der Waals surface area contributed by atoms with Crippen LogP contribution in [0.3, 0.4) is 0 Å². The molecule has 23 heteroatoms. The third kappa shape index (κ3) is 38.8. The van der Waals surface area contributed by atoms with Crippen LogP contribution < -0.4 is 56.7 Å². The van der Waals surface area contributed by atoms with Crippen molar-refractivity contribution in [1.29, 1.82) is 0 Å². The molecule has 1 saturated carbocycles. The maximum atomic E-state index is 12.6. The molecular formula is C81H105Cl2F3N16O2. The minimum absolute atomic E-state index is 0.0354. The number of nitrogen functional groups attached to an aromatic ring is 3. The minimum Gasteiger partial charge on any atom is -0.398 e. The summed E-state index contributed by atoms with van der Waals surface area (Å²) in [6.07, 6.45) is 20.3. The van der Waals surface area contributed by atoms with E-state index in [9.17, 15) is 22.8 Å². The van der Waals surface area contributed by atoms with Crippen LogP contribution in [0, 0.1) is 101 Å². The molecule has 11 aromatic rings. The van der Waals surface area contributed by atoms with Gasteiger partial charge in [-0.2, -0.15) is 5.10 Å². The van der Waals surface area contributed by atoms with E-state index >= 15 is 0 Å². The van der Waals surface area contributed by atoms with Crippen LogP contribution in [0.2, 0.25) is 10.0 Å². The molecule has 104 heavy (non-hydrogen) atoms. The molecule has 0 bridgehead atoms. The second-order valence-corrected chi connectivity index (χ2v) is 25.4. The zero-order valence-electron chi connectivity index (χ0n) is 62.1. The summed E-state index contributed by atoms with van der Waals surface area (Å²) in [5, 5.41) is 10.9. The van der Waals surface area contributed by atoms with Gasteiger partial charge in [0, 0.05) is 85.2 Å². The smallest absolute Gasteiger partial charge is 0.325 e. The summed E-state index contributed by atoms with van der Waals surface area (Å²) in [6.45, 7) is 29.1. The zero-order valence-corrected chi connectivity index (χ0v) is 63.6. The molecule has 6 heterocycles. The molecule has 5 aromatic heterocycles. The lowest BCUT2D eigenvalue weighted by Crippen LogP contribution is -2.22. The van der Waals surface area contributed by atoms with E-state index in [2.05, 4.69) is 116 Å². The number of halogens is 5. The molecule has 556 valence electrons. The molecule has 0 unspecified atom stereocenters. The van der Waals surface area contributed by atoms with Crippen LogP contribution >= 0.6 is 23.2 Å². The Labute approximate surface area is 621 Å². The molecule has 13 rings (SSSR count). The van der Waals surface area contributed by atoms with Crippen LogP contribution in [-0.4, -0.2) is 53.2 Å². The highest BCUT2D eigenvalue weighted by molar-refractivity contribution is 6.33. The number of hydrogen-bond donors (Lipinski definition) is 11. The monoisotopic (exact) mass is 1460 g/mol. The first-order valence-corrected chi connectivity index (χ1v) is 34.2. The van der Waals surface area contributed by atoms with Crippen molar-refractivity contribution in [3.8, 4) is 0 Å². The van der Waals surface area contributed by atoms with E-state index in [-0.39, 0.29) is 28.5 Å². The fourth-order valence-electron chi connectivity index (χ4n) is 8.23. The van der Waals surface area contributed by atoms with Gasteiger partial charge in [0.05, 0.1) is 23.1 Å². The van der Waals surface area contributed by atoms with Crippen LogP contribution in [0.1, 0.15) is 115 Å². The van der Waals surface area contributed by atoms with Crippen LogP contribution in [0.25, 0.3) is 0 Å². The van der Waals surface area contributed by atoms with E-state index in [1.165, 1.54) is 94.9 Å². The standard InChI is InChI=1S/C10H13N.C9H13N.2C8H10FN.2C7H8ClN.C6H6FN.C6H8N2.C6H11N.C5H6N2O2.C5H6N2.C4H6N2/c1-8-2-4-9(5-3-8)10(11)6-7-10;1-7-4-3-5-9(6-10)8(7)2;1-6-4-7(5-10)2-3-8(6)9;1-6-2-3-8(9)4-7(6)5-10;1-5-2-3-6(8)4-7(5)9;1-5-2-3-6(8)7(9)4-5;1-5-2-6(7)4-8-3-5;1-5-3-2-4-8-6(5)7;1-6-2-4-7-5-3-6;1-3-2-6-5(9)7-4(3)8;1-5-2-6-4-7-3-5;1-4-2-5-6-3-4/h2-5H,6-7,11H2,1H3;3-5H,6,10H2,1-2H3;2*2-4H,5,10H2,1H3;2*2-4H,9H2,1H3;2-4H,1H3;2-4H,1H3,(H2,7,8);2,7H,3-5H2,1H3;2H,1H3,(H2,6,7,8,9);2-4H,1H3;2-3H,1H3,(H,5,6). The van der Waals surface area contributed by atoms with Crippen molar-refractivity contribution in [3.63, 3.8) is 0 Å². The largest absolute Gasteiger partial charge is 0.398 e. The van der Waals surface area contributed by atoms with Gasteiger partial charge < -0.3 is 50.4 Å². The van der Waals surface area contributed by atoms with Crippen molar-refractivity contribution in [3.05, 3.63) is 338 Å². The summed E-state index contributed by atoms with van der Waals surface area (Å²) in [6, 6.07) is 40.6. The number of hydrogen-bond acceptors (Lipinski definition) is 15. The quantitative estimate of drug-likeness (QED) is 0.0576. The normalized spacial score (nSPS) is 11.4. The van der Waals surface area contributed by atoms with Gasteiger partial charge in [-0.25, -0.2) is 32.9 Å². The Morgan fingerprint density at radius 1 is 0.529 bits per heavy atom. The van der Waals surface area contributed by atoms with Gasteiger partial charge >= 0.3 is 5.69 Å². The lowest BCUT2D eigenvalue weighted by Gasteiger charge is -2.08. The van der Waals surface area contributed by atoms with Crippen LogP contribution in [0.5, 0.6) is 0 Å². The van der Waals surface area contributed by atoms with E-state index < -0.39 is 5.69 Å². The third-order valence-electron chi connectivity index (χ3n) is 15.2. The molecule has 1 aliphatic heterocycles.